The van der Waals surface area contributed by atoms with Crippen molar-refractivity contribution in [1.82, 2.24) is 4.90 Å². The molecule has 0 amide bonds. The molecule has 2 fully saturated rings. The summed E-state index contributed by atoms with van der Waals surface area (Å²) in [6.07, 6.45) is 2.68. The van der Waals surface area contributed by atoms with Gasteiger partial charge in [0.15, 0.2) is 0 Å². The van der Waals surface area contributed by atoms with Gasteiger partial charge in [0.25, 0.3) is 0 Å². The lowest BCUT2D eigenvalue weighted by Gasteiger charge is -2.43. The van der Waals surface area contributed by atoms with Crippen molar-refractivity contribution in [1.29, 1.82) is 0 Å². The third-order valence-electron chi connectivity index (χ3n) is 4.53. The first-order valence-electron chi connectivity index (χ1n) is 7.18. The van der Waals surface area contributed by atoms with Crippen LogP contribution in [-0.4, -0.2) is 36.6 Å². The number of benzene rings is 1. The maximum absolute atomic E-state index is 6.29. The van der Waals surface area contributed by atoms with Crippen LogP contribution >= 0.6 is 11.6 Å². The summed E-state index contributed by atoms with van der Waals surface area (Å²) in [6.45, 7) is 6.38. The predicted molar refractivity (Wildman–Crippen MR) is 80.7 cm³/mol. The number of piperazine rings is 1. The summed E-state index contributed by atoms with van der Waals surface area (Å²) in [4.78, 5) is 5.13. The second-order valence-corrected chi connectivity index (χ2v) is 6.18. The Morgan fingerprint density at radius 3 is 2.95 bits per heavy atom. The quantitative estimate of drug-likeness (QED) is 0.903. The largest absolute Gasteiger partial charge is 0.366 e. The van der Waals surface area contributed by atoms with Gasteiger partial charge in [0.1, 0.15) is 0 Å². The highest BCUT2D eigenvalue weighted by Crippen LogP contribution is 2.30. The Kier molecular flexibility index (Phi) is 3.70. The van der Waals surface area contributed by atoms with E-state index in [9.17, 15) is 0 Å². The average Bonchev–Trinajstić information content (AvgIpc) is 2.84. The second-order valence-electron chi connectivity index (χ2n) is 5.77. The summed E-state index contributed by atoms with van der Waals surface area (Å²) in [5, 5.41) is 0.793. The van der Waals surface area contributed by atoms with E-state index < -0.39 is 0 Å². The minimum atomic E-state index is 0.505. The molecule has 2 unspecified atom stereocenters. The molecule has 2 N–H and O–H groups in total. The van der Waals surface area contributed by atoms with Crippen LogP contribution in [0.2, 0.25) is 5.02 Å². The van der Waals surface area contributed by atoms with Crippen molar-refractivity contribution < 1.29 is 0 Å². The number of nitrogens with zero attached hydrogens (tertiary/aromatic N) is 2. The average molecular weight is 280 g/mol. The highest BCUT2D eigenvalue weighted by molar-refractivity contribution is 6.31. The van der Waals surface area contributed by atoms with Crippen molar-refractivity contribution in [3.8, 4) is 0 Å². The molecule has 1 aromatic rings. The number of rotatable bonds is 2. The summed E-state index contributed by atoms with van der Waals surface area (Å²) in [6, 6.07) is 7.57. The Balaban J connectivity index is 1.82. The SMILES string of the molecule is CC1CN2CCCC2CN1c1ccc(CN)c(Cl)c1. The molecule has 19 heavy (non-hydrogen) atoms. The van der Waals surface area contributed by atoms with E-state index in [1.165, 1.54) is 31.6 Å². The van der Waals surface area contributed by atoms with Gasteiger partial charge < -0.3 is 10.6 Å². The third kappa shape index (κ3) is 2.47. The molecule has 0 spiro atoms. The van der Waals surface area contributed by atoms with Crippen LogP contribution in [0.1, 0.15) is 25.3 Å². The van der Waals surface area contributed by atoms with Gasteiger partial charge in [-0.25, -0.2) is 0 Å². The molecule has 0 radical (unpaired) electrons. The Bertz CT molecular complexity index is 463. The predicted octanol–water partition coefficient (Wildman–Crippen LogP) is 2.47. The summed E-state index contributed by atoms with van der Waals surface area (Å²) >= 11 is 6.29. The Hall–Kier alpha value is -0.770. The molecule has 104 valence electrons. The zero-order valence-electron chi connectivity index (χ0n) is 11.5. The molecule has 0 aliphatic carbocycles. The van der Waals surface area contributed by atoms with Gasteiger partial charge in [0, 0.05) is 42.4 Å². The van der Waals surface area contributed by atoms with Crippen molar-refractivity contribution in [2.45, 2.75) is 38.4 Å². The number of nitrogens with two attached hydrogens (primary N) is 1. The molecule has 0 saturated carbocycles. The fourth-order valence-electron chi connectivity index (χ4n) is 3.43. The maximum atomic E-state index is 6.29. The van der Waals surface area contributed by atoms with E-state index in [1.54, 1.807) is 0 Å². The monoisotopic (exact) mass is 279 g/mol. The third-order valence-corrected chi connectivity index (χ3v) is 4.88. The molecule has 0 bridgehead atoms. The van der Waals surface area contributed by atoms with E-state index in [-0.39, 0.29) is 0 Å². The van der Waals surface area contributed by atoms with Crippen LogP contribution in [-0.2, 0) is 6.54 Å². The summed E-state index contributed by atoms with van der Waals surface area (Å²) < 4.78 is 0. The Morgan fingerprint density at radius 2 is 2.21 bits per heavy atom. The van der Waals surface area contributed by atoms with E-state index in [4.69, 9.17) is 17.3 Å². The lowest BCUT2D eigenvalue weighted by atomic mass is 10.1. The van der Waals surface area contributed by atoms with E-state index in [2.05, 4.69) is 34.9 Å². The molecule has 2 heterocycles. The molecule has 4 heteroatoms. The Morgan fingerprint density at radius 1 is 1.37 bits per heavy atom. The molecular formula is C15H22ClN3. The fraction of sp³-hybridized carbons (Fsp3) is 0.600. The summed E-state index contributed by atoms with van der Waals surface area (Å²) in [5.74, 6) is 0. The normalized spacial score (nSPS) is 27.6. The molecule has 0 aromatic heterocycles. The molecule has 2 aliphatic heterocycles. The zero-order valence-corrected chi connectivity index (χ0v) is 12.2. The van der Waals surface area contributed by atoms with Gasteiger partial charge in [-0.15, -0.1) is 0 Å². The first-order chi connectivity index (χ1) is 9.19. The van der Waals surface area contributed by atoms with Crippen molar-refractivity contribution >= 4 is 17.3 Å². The van der Waals surface area contributed by atoms with Gasteiger partial charge in [0.05, 0.1) is 0 Å². The van der Waals surface area contributed by atoms with Gasteiger partial charge in [0.2, 0.25) is 0 Å². The first-order valence-corrected chi connectivity index (χ1v) is 7.56. The number of hydrogen-bond donors (Lipinski definition) is 1. The van der Waals surface area contributed by atoms with Crippen LogP contribution in [0.5, 0.6) is 0 Å². The van der Waals surface area contributed by atoms with Gasteiger partial charge >= 0.3 is 0 Å². The van der Waals surface area contributed by atoms with E-state index in [1.807, 2.05) is 0 Å². The van der Waals surface area contributed by atoms with Crippen molar-refractivity contribution in [3.63, 3.8) is 0 Å². The number of hydrogen-bond acceptors (Lipinski definition) is 3. The van der Waals surface area contributed by atoms with E-state index in [0.29, 0.717) is 12.6 Å². The van der Waals surface area contributed by atoms with E-state index >= 15 is 0 Å². The van der Waals surface area contributed by atoms with Gasteiger partial charge in [-0.2, -0.15) is 0 Å². The van der Waals surface area contributed by atoms with Crippen LogP contribution in [0, 0.1) is 0 Å². The van der Waals surface area contributed by atoms with Crippen LogP contribution in [0.25, 0.3) is 0 Å². The number of fused-ring (bicyclic) bond motifs is 1. The molecule has 3 nitrogen and oxygen atoms in total. The van der Waals surface area contributed by atoms with E-state index in [0.717, 1.165) is 23.2 Å². The number of anilines is 1. The Labute approximate surface area is 120 Å². The van der Waals surface area contributed by atoms with Crippen molar-refractivity contribution in [2.24, 2.45) is 5.73 Å². The van der Waals surface area contributed by atoms with Crippen LogP contribution in [0.15, 0.2) is 18.2 Å². The molecule has 2 saturated heterocycles. The molecular weight excluding hydrogens is 258 g/mol. The summed E-state index contributed by atoms with van der Waals surface area (Å²) in [5.41, 5.74) is 7.93. The van der Waals surface area contributed by atoms with Crippen molar-refractivity contribution in [2.75, 3.05) is 24.5 Å². The smallest absolute Gasteiger partial charge is 0.0471 e. The van der Waals surface area contributed by atoms with Gasteiger partial charge in [-0.1, -0.05) is 17.7 Å². The van der Waals surface area contributed by atoms with Crippen molar-refractivity contribution in [3.05, 3.63) is 28.8 Å². The fourth-order valence-corrected chi connectivity index (χ4v) is 3.68. The zero-order chi connectivity index (χ0) is 13.4. The van der Waals surface area contributed by atoms with Crippen LogP contribution < -0.4 is 10.6 Å². The maximum Gasteiger partial charge on any atom is 0.0471 e. The molecule has 2 aliphatic rings. The minimum Gasteiger partial charge on any atom is -0.366 e. The first kappa shape index (κ1) is 13.2. The van der Waals surface area contributed by atoms with Crippen LogP contribution in [0.4, 0.5) is 5.69 Å². The van der Waals surface area contributed by atoms with Crippen LogP contribution in [0.3, 0.4) is 0 Å². The highest BCUT2D eigenvalue weighted by atomic mass is 35.5. The lowest BCUT2D eigenvalue weighted by Crippen LogP contribution is -2.55. The molecule has 1 aromatic carbocycles. The summed E-state index contributed by atoms with van der Waals surface area (Å²) in [7, 11) is 0. The standard InChI is InChI=1S/C15H22ClN3/c1-11-9-18-6-2-3-14(18)10-19(11)13-5-4-12(8-17)15(16)7-13/h4-5,7,11,14H,2-3,6,8-10,17H2,1H3. The number of halogens is 1. The van der Waals surface area contributed by atoms with Gasteiger partial charge in [-0.3, -0.25) is 4.90 Å². The lowest BCUT2D eigenvalue weighted by molar-refractivity contribution is 0.203. The minimum absolute atomic E-state index is 0.505. The molecule has 2 atom stereocenters. The second kappa shape index (κ2) is 5.31. The van der Waals surface area contributed by atoms with Gasteiger partial charge in [-0.05, 0) is 44.0 Å². The highest BCUT2D eigenvalue weighted by Gasteiger charge is 2.34. The topological polar surface area (TPSA) is 32.5 Å². The molecule has 3 rings (SSSR count).